The van der Waals surface area contributed by atoms with E-state index in [1.165, 1.54) is 12.1 Å². The van der Waals surface area contributed by atoms with E-state index in [2.05, 4.69) is 0 Å². The van der Waals surface area contributed by atoms with Crippen LogP contribution >= 0.6 is 0 Å². The van der Waals surface area contributed by atoms with Crippen molar-refractivity contribution in [3.05, 3.63) is 29.6 Å². The Hall–Kier alpha value is -1.13. The quantitative estimate of drug-likeness (QED) is 0.713. The average Bonchev–Trinajstić information content (AvgIpc) is 2.17. The van der Waals surface area contributed by atoms with E-state index >= 15 is 0 Å². The fraction of sp³-hybridized carbons (Fsp3) is 0.455. The zero-order valence-corrected chi connectivity index (χ0v) is 8.87. The second-order valence-electron chi connectivity index (χ2n) is 4.33. The van der Waals surface area contributed by atoms with Crippen LogP contribution in [0, 0.1) is 11.2 Å². The highest BCUT2D eigenvalue weighted by Crippen LogP contribution is 2.32. The fourth-order valence-corrected chi connectivity index (χ4v) is 1.29. The minimum Gasteiger partial charge on any atom is -0.508 e. The Morgan fingerprint density at radius 2 is 2.07 bits per heavy atom. The van der Waals surface area contributed by atoms with Crippen LogP contribution in [0.1, 0.15) is 25.5 Å². The molecule has 0 heterocycles. The Labute approximate surface area is 88.4 Å². The molecule has 0 fully saturated rings. The van der Waals surface area contributed by atoms with Crippen LogP contribution in [0.4, 0.5) is 4.39 Å². The minimum absolute atomic E-state index is 0.130. The summed E-state index contributed by atoms with van der Waals surface area (Å²) in [6, 6.07) is 3.23. The van der Waals surface area contributed by atoms with Gasteiger partial charge in [0.25, 0.3) is 0 Å². The van der Waals surface area contributed by atoms with E-state index in [1.807, 2.05) is 0 Å². The maximum absolute atomic E-state index is 13.4. The summed E-state index contributed by atoms with van der Waals surface area (Å²) in [6.45, 7) is 3.38. The Bertz CT molecular complexity index is 352. The number of aliphatic hydroxyl groups is 1. The Morgan fingerprint density at radius 1 is 1.47 bits per heavy atom. The number of aromatic hydroxyl groups is 1. The van der Waals surface area contributed by atoms with Crippen molar-refractivity contribution in [1.29, 1.82) is 0 Å². The summed E-state index contributed by atoms with van der Waals surface area (Å²) in [5, 5.41) is 18.2. The van der Waals surface area contributed by atoms with E-state index in [9.17, 15) is 4.39 Å². The second kappa shape index (κ2) is 4.16. The predicted molar refractivity (Wildman–Crippen MR) is 55.9 cm³/mol. The molecule has 15 heavy (non-hydrogen) atoms. The van der Waals surface area contributed by atoms with Crippen molar-refractivity contribution >= 4 is 0 Å². The number of rotatable bonds is 3. The Kier molecular flexibility index (Phi) is 3.31. The van der Waals surface area contributed by atoms with Crippen LogP contribution in [0.25, 0.3) is 0 Å². The lowest BCUT2D eigenvalue weighted by Gasteiger charge is -2.29. The number of benzene rings is 1. The third-order valence-corrected chi connectivity index (χ3v) is 2.57. The molecule has 3 nitrogen and oxygen atoms in total. The van der Waals surface area contributed by atoms with Gasteiger partial charge in [-0.2, -0.15) is 0 Å². The number of phenols is 1. The van der Waals surface area contributed by atoms with Crippen molar-refractivity contribution in [3.8, 4) is 5.75 Å². The summed E-state index contributed by atoms with van der Waals surface area (Å²) in [6.07, 6.45) is 0. The molecule has 0 amide bonds. The van der Waals surface area contributed by atoms with Crippen LogP contribution in [0.15, 0.2) is 18.2 Å². The number of nitrogens with two attached hydrogens (primary N) is 1. The summed E-state index contributed by atoms with van der Waals surface area (Å²) in [5.74, 6) is -0.686. The van der Waals surface area contributed by atoms with Gasteiger partial charge in [0.05, 0.1) is 0 Å². The molecule has 84 valence electrons. The maximum Gasteiger partial charge on any atom is 0.131 e. The number of aliphatic hydroxyl groups excluding tert-OH is 1. The molecule has 1 rings (SSSR count). The maximum atomic E-state index is 13.4. The van der Waals surface area contributed by atoms with E-state index in [4.69, 9.17) is 15.9 Å². The fourth-order valence-electron chi connectivity index (χ4n) is 1.29. The highest BCUT2D eigenvalue weighted by molar-refractivity contribution is 5.30. The van der Waals surface area contributed by atoms with E-state index in [-0.39, 0.29) is 12.4 Å². The summed E-state index contributed by atoms with van der Waals surface area (Å²) in [5.41, 5.74) is 5.55. The van der Waals surface area contributed by atoms with Gasteiger partial charge in [0.1, 0.15) is 11.6 Å². The van der Waals surface area contributed by atoms with Gasteiger partial charge in [0.2, 0.25) is 0 Å². The molecular weight excluding hydrogens is 197 g/mol. The molecule has 0 radical (unpaired) electrons. The lowest BCUT2D eigenvalue weighted by Crippen LogP contribution is -2.33. The van der Waals surface area contributed by atoms with Crippen LogP contribution in [-0.2, 0) is 0 Å². The molecule has 4 N–H and O–H groups in total. The first-order chi connectivity index (χ1) is 6.88. The molecule has 1 aromatic carbocycles. The monoisotopic (exact) mass is 213 g/mol. The topological polar surface area (TPSA) is 66.5 Å². The van der Waals surface area contributed by atoms with E-state index in [1.54, 1.807) is 13.8 Å². The molecule has 0 aromatic heterocycles. The van der Waals surface area contributed by atoms with Crippen molar-refractivity contribution in [2.75, 3.05) is 6.61 Å². The predicted octanol–water partition coefficient (Wildman–Crippen LogP) is 1.55. The average molecular weight is 213 g/mol. The van der Waals surface area contributed by atoms with Gasteiger partial charge in [-0.15, -0.1) is 0 Å². The smallest absolute Gasteiger partial charge is 0.131 e. The second-order valence-corrected chi connectivity index (χ2v) is 4.33. The van der Waals surface area contributed by atoms with Gasteiger partial charge in [-0.3, -0.25) is 0 Å². The van der Waals surface area contributed by atoms with Crippen molar-refractivity contribution in [1.82, 2.24) is 0 Å². The van der Waals surface area contributed by atoms with E-state index in [0.717, 1.165) is 6.07 Å². The van der Waals surface area contributed by atoms with Gasteiger partial charge in [0.15, 0.2) is 0 Å². The number of halogens is 1. The highest BCUT2D eigenvalue weighted by Gasteiger charge is 2.28. The zero-order chi connectivity index (χ0) is 11.6. The summed E-state index contributed by atoms with van der Waals surface area (Å²) in [7, 11) is 0. The molecule has 0 saturated carbocycles. The number of hydrogen-bond acceptors (Lipinski definition) is 3. The molecule has 1 aromatic rings. The van der Waals surface area contributed by atoms with Crippen LogP contribution < -0.4 is 5.73 Å². The molecule has 0 aliphatic heterocycles. The molecule has 0 spiro atoms. The van der Waals surface area contributed by atoms with Crippen LogP contribution in [0.3, 0.4) is 0 Å². The molecule has 0 bridgehead atoms. The minimum atomic E-state index is -0.608. The van der Waals surface area contributed by atoms with Crippen LogP contribution in [-0.4, -0.2) is 16.8 Å². The van der Waals surface area contributed by atoms with E-state index in [0.29, 0.717) is 5.56 Å². The molecule has 1 atom stereocenters. The summed E-state index contributed by atoms with van der Waals surface area (Å²) >= 11 is 0. The molecule has 0 unspecified atom stereocenters. The Morgan fingerprint density at radius 3 is 2.53 bits per heavy atom. The number of hydrogen-bond donors (Lipinski definition) is 3. The SMILES string of the molecule is CC(C)(CO)[C@H](N)c1ccc(O)cc1F. The molecule has 0 aliphatic carbocycles. The van der Waals surface area contributed by atoms with Crippen molar-refractivity contribution < 1.29 is 14.6 Å². The first-order valence-corrected chi connectivity index (χ1v) is 4.73. The van der Waals surface area contributed by atoms with Crippen molar-refractivity contribution in [3.63, 3.8) is 0 Å². The first kappa shape index (κ1) is 11.9. The molecule has 0 aliphatic rings. The normalized spacial score (nSPS) is 13.9. The van der Waals surface area contributed by atoms with Crippen molar-refractivity contribution in [2.45, 2.75) is 19.9 Å². The first-order valence-electron chi connectivity index (χ1n) is 4.73. The van der Waals surface area contributed by atoms with Gasteiger partial charge in [0, 0.05) is 29.7 Å². The lowest BCUT2D eigenvalue weighted by atomic mass is 9.81. The highest BCUT2D eigenvalue weighted by atomic mass is 19.1. The summed E-state index contributed by atoms with van der Waals surface area (Å²) < 4.78 is 13.4. The number of phenolic OH excluding ortho intramolecular Hbond substituents is 1. The van der Waals surface area contributed by atoms with Gasteiger partial charge < -0.3 is 15.9 Å². The van der Waals surface area contributed by atoms with Gasteiger partial charge in [-0.05, 0) is 6.07 Å². The molecule has 4 heteroatoms. The van der Waals surface area contributed by atoms with Gasteiger partial charge in [-0.1, -0.05) is 19.9 Å². The molecular formula is C11H16FNO2. The lowest BCUT2D eigenvalue weighted by molar-refractivity contribution is 0.131. The largest absolute Gasteiger partial charge is 0.508 e. The Balaban J connectivity index is 3.06. The third-order valence-electron chi connectivity index (χ3n) is 2.57. The third kappa shape index (κ3) is 2.46. The van der Waals surface area contributed by atoms with Gasteiger partial charge >= 0.3 is 0 Å². The van der Waals surface area contributed by atoms with Crippen molar-refractivity contribution in [2.24, 2.45) is 11.1 Å². The van der Waals surface area contributed by atoms with Crippen LogP contribution in [0.2, 0.25) is 0 Å². The summed E-state index contributed by atoms with van der Waals surface area (Å²) in [4.78, 5) is 0. The standard InChI is InChI=1S/C11H16FNO2/c1-11(2,6-14)10(13)8-4-3-7(15)5-9(8)12/h3-5,10,14-15H,6,13H2,1-2H3/t10-/m1/s1. The van der Waals surface area contributed by atoms with Gasteiger partial charge in [-0.25, -0.2) is 4.39 Å². The molecule has 0 saturated heterocycles. The van der Waals surface area contributed by atoms with Crippen LogP contribution in [0.5, 0.6) is 5.75 Å². The van der Waals surface area contributed by atoms with E-state index < -0.39 is 17.3 Å². The zero-order valence-electron chi connectivity index (χ0n) is 8.87.